The first-order valence-electron chi connectivity index (χ1n) is 6.78. The van der Waals surface area contributed by atoms with Crippen LogP contribution in [0.15, 0.2) is 24.3 Å². The summed E-state index contributed by atoms with van der Waals surface area (Å²) >= 11 is 2.08. The maximum atomic E-state index is 11.5. The Morgan fingerprint density at radius 3 is 2.72 bits per heavy atom. The Morgan fingerprint density at radius 1 is 1.33 bits per heavy atom. The van der Waals surface area contributed by atoms with Crippen LogP contribution in [-0.2, 0) is 0 Å². The number of hydrogen-bond acceptors (Lipinski definition) is 3. The minimum atomic E-state index is 0.212. The van der Waals surface area contributed by atoms with E-state index >= 15 is 0 Å². The van der Waals surface area contributed by atoms with Crippen LogP contribution in [0.5, 0.6) is 0 Å². The second-order valence-electron chi connectivity index (χ2n) is 4.72. The Kier molecular flexibility index (Phi) is 5.12. The van der Waals surface area contributed by atoms with Crippen LogP contribution < -0.4 is 5.32 Å². The van der Waals surface area contributed by atoms with Gasteiger partial charge in [0.25, 0.3) is 0 Å². The molecule has 98 valence electrons. The zero-order valence-electron chi connectivity index (χ0n) is 10.9. The highest BCUT2D eigenvalue weighted by atomic mass is 32.2. The van der Waals surface area contributed by atoms with E-state index in [9.17, 15) is 4.79 Å². The number of hydrogen-bond donors (Lipinski definition) is 1. The van der Waals surface area contributed by atoms with E-state index in [0.717, 1.165) is 23.0 Å². The second kappa shape index (κ2) is 6.83. The van der Waals surface area contributed by atoms with Gasteiger partial charge in [-0.15, -0.1) is 0 Å². The van der Waals surface area contributed by atoms with Gasteiger partial charge in [-0.3, -0.25) is 4.79 Å². The molecule has 1 heterocycles. The molecule has 1 N–H and O–H groups in total. The van der Waals surface area contributed by atoms with Crippen LogP contribution in [-0.4, -0.2) is 23.3 Å². The van der Waals surface area contributed by atoms with E-state index in [4.69, 9.17) is 0 Å². The molecule has 1 atom stereocenters. The molecule has 1 saturated heterocycles. The Hall–Kier alpha value is -0.960. The van der Waals surface area contributed by atoms with Crippen LogP contribution in [0.1, 0.15) is 43.0 Å². The standard InChI is InChI=1S/C15H21NOS/c1-2-15(17)12-6-8-13(9-7-12)16-11-14-5-3-4-10-18-14/h6-9,14,16H,2-5,10-11H2,1H3. The molecule has 0 aromatic heterocycles. The van der Waals surface area contributed by atoms with Crippen molar-refractivity contribution in [1.82, 2.24) is 0 Å². The lowest BCUT2D eigenvalue weighted by atomic mass is 10.1. The number of Topliss-reactive ketones (excluding diaryl/α,β-unsaturated/α-hetero) is 1. The first-order chi connectivity index (χ1) is 8.79. The SMILES string of the molecule is CCC(=O)c1ccc(NCC2CCCCS2)cc1. The molecule has 1 fully saturated rings. The average Bonchev–Trinajstić information content (AvgIpc) is 2.46. The Labute approximate surface area is 114 Å². The van der Waals surface area contributed by atoms with Gasteiger partial charge in [-0.1, -0.05) is 13.3 Å². The molecule has 0 amide bonds. The first-order valence-corrected chi connectivity index (χ1v) is 7.83. The Balaban J connectivity index is 1.84. The van der Waals surface area contributed by atoms with Crippen molar-refractivity contribution in [2.45, 2.75) is 37.9 Å². The van der Waals surface area contributed by atoms with E-state index in [1.54, 1.807) is 0 Å². The lowest BCUT2D eigenvalue weighted by molar-refractivity contribution is 0.0988. The fraction of sp³-hybridized carbons (Fsp3) is 0.533. The Morgan fingerprint density at radius 2 is 2.11 bits per heavy atom. The number of nitrogens with one attached hydrogen (secondary N) is 1. The van der Waals surface area contributed by atoms with Gasteiger partial charge < -0.3 is 5.32 Å². The molecule has 0 bridgehead atoms. The largest absolute Gasteiger partial charge is 0.384 e. The van der Waals surface area contributed by atoms with Gasteiger partial charge in [-0.05, 0) is 42.9 Å². The summed E-state index contributed by atoms with van der Waals surface area (Å²) in [5, 5.41) is 4.21. The predicted octanol–water partition coefficient (Wildman–Crippen LogP) is 3.98. The fourth-order valence-electron chi connectivity index (χ4n) is 2.18. The van der Waals surface area contributed by atoms with Gasteiger partial charge in [0, 0.05) is 29.5 Å². The molecule has 1 aliphatic heterocycles. The number of carbonyl (C=O) groups excluding carboxylic acids is 1. The summed E-state index contributed by atoms with van der Waals surface area (Å²) < 4.78 is 0. The van der Waals surface area contributed by atoms with Gasteiger partial charge in [0.15, 0.2) is 5.78 Å². The molecular formula is C15H21NOS. The summed E-state index contributed by atoms with van der Waals surface area (Å²) in [6.45, 7) is 2.93. The Bertz CT molecular complexity index is 382. The molecule has 0 aliphatic carbocycles. The third kappa shape index (κ3) is 3.77. The molecule has 0 saturated carbocycles. The normalized spacial score (nSPS) is 19.5. The van der Waals surface area contributed by atoms with Crippen LogP contribution in [0.4, 0.5) is 5.69 Å². The van der Waals surface area contributed by atoms with Gasteiger partial charge in [0.1, 0.15) is 0 Å². The summed E-state index contributed by atoms with van der Waals surface area (Å²) in [6.07, 6.45) is 4.63. The minimum Gasteiger partial charge on any atom is -0.384 e. The zero-order chi connectivity index (χ0) is 12.8. The number of anilines is 1. The quantitative estimate of drug-likeness (QED) is 0.815. The number of ketones is 1. The van der Waals surface area contributed by atoms with Crippen molar-refractivity contribution in [3.05, 3.63) is 29.8 Å². The average molecular weight is 263 g/mol. The van der Waals surface area contributed by atoms with Crippen molar-refractivity contribution in [2.75, 3.05) is 17.6 Å². The van der Waals surface area contributed by atoms with Crippen molar-refractivity contribution >= 4 is 23.2 Å². The molecule has 1 unspecified atom stereocenters. The van der Waals surface area contributed by atoms with Crippen LogP contribution >= 0.6 is 11.8 Å². The van der Waals surface area contributed by atoms with E-state index < -0.39 is 0 Å². The van der Waals surface area contributed by atoms with Crippen LogP contribution in [0.3, 0.4) is 0 Å². The number of thioether (sulfide) groups is 1. The van der Waals surface area contributed by atoms with Crippen LogP contribution in [0.25, 0.3) is 0 Å². The molecule has 0 spiro atoms. The lowest BCUT2D eigenvalue weighted by Crippen LogP contribution is -2.19. The first kappa shape index (κ1) is 13.5. The van der Waals surface area contributed by atoms with Crippen molar-refractivity contribution in [3.8, 4) is 0 Å². The molecule has 1 aromatic carbocycles. The maximum absolute atomic E-state index is 11.5. The van der Waals surface area contributed by atoms with Crippen LogP contribution in [0, 0.1) is 0 Å². The summed E-state index contributed by atoms with van der Waals surface area (Å²) in [5.74, 6) is 1.51. The summed E-state index contributed by atoms with van der Waals surface area (Å²) in [6, 6.07) is 7.86. The number of rotatable bonds is 5. The monoisotopic (exact) mass is 263 g/mol. The summed E-state index contributed by atoms with van der Waals surface area (Å²) in [7, 11) is 0. The number of benzene rings is 1. The van der Waals surface area contributed by atoms with Gasteiger partial charge >= 0.3 is 0 Å². The zero-order valence-corrected chi connectivity index (χ0v) is 11.8. The highest BCUT2D eigenvalue weighted by molar-refractivity contribution is 7.99. The van der Waals surface area contributed by atoms with Gasteiger partial charge in [0.2, 0.25) is 0 Å². The maximum Gasteiger partial charge on any atom is 0.162 e. The molecule has 1 aliphatic rings. The highest BCUT2D eigenvalue weighted by Gasteiger charge is 2.13. The minimum absolute atomic E-state index is 0.212. The summed E-state index contributed by atoms with van der Waals surface area (Å²) in [5.41, 5.74) is 1.93. The predicted molar refractivity (Wildman–Crippen MR) is 79.7 cm³/mol. The topological polar surface area (TPSA) is 29.1 Å². The molecule has 0 radical (unpaired) electrons. The lowest BCUT2D eigenvalue weighted by Gasteiger charge is -2.21. The fourth-order valence-corrected chi connectivity index (χ4v) is 3.42. The van der Waals surface area contributed by atoms with E-state index in [2.05, 4.69) is 17.1 Å². The van der Waals surface area contributed by atoms with E-state index in [1.165, 1.54) is 25.0 Å². The van der Waals surface area contributed by atoms with Crippen molar-refractivity contribution in [2.24, 2.45) is 0 Å². The van der Waals surface area contributed by atoms with E-state index in [-0.39, 0.29) is 5.78 Å². The molecule has 3 heteroatoms. The number of carbonyl (C=O) groups is 1. The van der Waals surface area contributed by atoms with Gasteiger partial charge in [-0.25, -0.2) is 0 Å². The van der Waals surface area contributed by atoms with Crippen LogP contribution in [0.2, 0.25) is 0 Å². The van der Waals surface area contributed by atoms with Crippen molar-refractivity contribution < 1.29 is 4.79 Å². The molecular weight excluding hydrogens is 242 g/mol. The molecule has 2 rings (SSSR count). The van der Waals surface area contributed by atoms with E-state index in [0.29, 0.717) is 6.42 Å². The van der Waals surface area contributed by atoms with Gasteiger partial charge in [-0.2, -0.15) is 11.8 Å². The molecule has 1 aromatic rings. The third-order valence-electron chi connectivity index (χ3n) is 3.34. The van der Waals surface area contributed by atoms with E-state index in [1.807, 2.05) is 31.2 Å². The smallest absolute Gasteiger partial charge is 0.162 e. The summed E-state index contributed by atoms with van der Waals surface area (Å²) in [4.78, 5) is 11.5. The van der Waals surface area contributed by atoms with Gasteiger partial charge in [0.05, 0.1) is 0 Å². The second-order valence-corrected chi connectivity index (χ2v) is 6.13. The highest BCUT2D eigenvalue weighted by Crippen LogP contribution is 2.25. The molecule has 18 heavy (non-hydrogen) atoms. The van der Waals surface area contributed by atoms with Crippen molar-refractivity contribution in [3.63, 3.8) is 0 Å². The molecule has 2 nitrogen and oxygen atoms in total. The third-order valence-corrected chi connectivity index (χ3v) is 4.73. The van der Waals surface area contributed by atoms with Crippen molar-refractivity contribution in [1.29, 1.82) is 0 Å².